The summed E-state index contributed by atoms with van der Waals surface area (Å²) in [5.74, 6) is 0. The Morgan fingerprint density at radius 2 is 2.00 bits per heavy atom. The van der Waals surface area contributed by atoms with Gasteiger partial charge in [-0.2, -0.15) is 0 Å². The summed E-state index contributed by atoms with van der Waals surface area (Å²) in [4.78, 5) is 0. The van der Waals surface area contributed by atoms with E-state index in [0.29, 0.717) is 0 Å². The van der Waals surface area contributed by atoms with Crippen molar-refractivity contribution >= 4 is 8.58 Å². The van der Waals surface area contributed by atoms with Crippen molar-refractivity contribution in [1.82, 2.24) is 0 Å². The molecule has 0 aliphatic heterocycles. The van der Waals surface area contributed by atoms with Gasteiger partial charge in [0.1, 0.15) is 0 Å². The van der Waals surface area contributed by atoms with Gasteiger partial charge in [0.15, 0.2) is 0 Å². The molecule has 0 aromatic rings. The summed E-state index contributed by atoms with van der Waals surface area (Å²) >= 11 is 0. The standard InChI is InChI=1S/C5H13P.Li/c1-3-4-5-6-2;/h6H,3-5H2,1-2H3;/q;+1/p+1. The molecule has 0 aromatic heterocycles. The minimum atomic E-state index is 0. The Morgan fingerprint density at radius 1 is 1.43 bits per heavy atom. The fourth-order valence-electron chi connectivity index (χ4n) is 0.408. The van der Waals surface area contributed by atoms with Gasteiger partial charge < -0.3 is 0 Å². The monoisotopic (exact) mass is 112 g/mol. The molecule has 0 amide bonds. The maximum absolute atomic E-state index is 2.32. The first-order valence-electron chi connectivity index (χ1n) is 2.69. The van der Waals surface area contributed by atoms with E-state index in [1.165, 1.54) is 19.0 Å². The molecule has 0 nitrogen and oxygen atoms in total. The Balaban J connectivity index is 0. The molecule has 0 heterocycles. The Hall–Kier alpha value is 1.03. The van der Waals surface area contributed by atoms with Crippen molar-refractivity contribution in [3.8, 4) is 0 Å². The van der Waals surface area contributed by atoms with Gasteiger partial charge in [0.05, 0.1) is 6.16 Å². The largest absolute Gasteiger partial charge is 1.00 e. The molecule has 0 aliphatic carbocycles. The fourth-order valence-corrected chi connectivity index (χ4v) is 1.22. The number of unbranched alkanes of at least 4 members (excludes halogenated alkanes) is 1. The van der Waals surface area contributed by atoms with E-state index < -0.39 is 0 Å². The summed E-state index contributed by atoms with van der Waals surface area (Å²) in [6.45, 7) is 4.56. The van der Waals surface area contributed by atoms with Gasteiger partial charge in [-0.05, 0) is 15.0 Å². The van der Waals surface area contributed by atoms with E-state index in [1.807, 2.05) is 0 Å². The topological polar surface area (TPSA) is 0 Å². The van der Waals surface area contributed by atoms with E-state index in [1.54, 1.807) is 0 Å². The molecule has 0 saturated heterocycles. The van der Waals surface area contributed by atoms with Gasteiger partial charge >= 0.3 is 18.9 Å². The first kappa shape index (κ1) is 10.9. The van der Waals surface area contributed by atoms with E-state index in [4.69, 9.17) is 0 Å². The Labute approximate surface area is 60.4 Å². The minimum Gasteiger partial charge on any atom is -0.0652 e. The van der Waals surface area contributed by atoms with Crippen LogP contribution in [0.25, 0.3) is 0 Å². The molecule has 0 N–H and O–H groups in total. The van der Waals surface area contributed by atoms with Gasteiger partial charge in [0, 0.05) is 6.66 Å². The third kappa shape index (κ3) is 11.0. The van der Waals surface area contributed by atoms with Crippen LogP contribution in [0, 0.1) is 0 Å². The number of hydrogen-bond acceptors (Lipinski definition) is 0. The van der Waals surface area contributed by atoms with Crippen molar-refractivity contribution in [1.29, 1.82) is 0 Å². The molecule has 0 spiro atoms. The van der Waals surface area contributed by atoms with Crippen molar-refractivity contribution < 1.29 is 18.9 Å². The summed E-state index contributed by atoms with van der Waals surface area (Å²) < 4.78 is 0. The van der Waals surface area contributed by atoms with E-state index in [0.717, 1.165) is 8.58 Å². The maximum Gasteiger partial charge on any atom is 1.00 e. The van der Waals surface area contributed by atoms with Gasteiger partial charge in [-0.1, -0.05) is 13.3 Å². The molecule has 0 aromatic carbocycles. The average Bonchev–Trinajstić information content (AvgIpc) is 1.61. The third-order valence-corrected chi connectivity index (χ3v) is 1.83. The van der Waals surface area contributed by atoms with Crippen LogP contribution in [0.3, 0.4) is 0 Å². The molecule has 2 heteroatoms. The van der Waals surface area contributed by atoms with Gasteiger partial charge in [-0.3, -0.25) is 0 Å². The van der Waals surface area contributed by atoms with E-state index in [2.05, 4.69) is 13.6 Å². The second-order valence-electron chi connectivity index (χ2n) is 1.55. The smallest absolute Gasteiger partial charge is 0.0652 e. The summed E-state index contributed by atoms with van der Waals surface area (Å²) in [5.41, 5.74) is 0. The minimum absolute atomic E-state index is 0. The van der Waals surface area contributed by atoms with Crippen LogP contribution in [0.4, 0.5) is 0 Å². The second-order valence-corrected chi connectivity index (χ2v) is 2.94. The van der Waals surface area contributed by atoms with Crippen molar-refractivity contribution in [2.24, 2.45) is 0 Å². The van der Waals surface area contributed by atoms with Crippen LogP contribution in [-0.4, -0.2) is 12.8 Å². The normalized spacial score (nSPS) is 9.43. The Morgan fingerprint density at radius 3 is 2.14 bits per heavy atom. The molecule has 0 radical (unpaired) electrons. The molecule has 0 saturated carbocycles. The van der Waals surface area contributed by atoms with Crippen molar-refractivity contribution in [2.75, 3.05) is 12.8 Å². The predicted molar refractivity (Wildman–Crippen MR) is 35.4 cm³/mol. The summed E-state index contributed by atoms with van der Waals surface area (Å²) in [7, 11) is 0.784. The first-order valence-corrected chi connectivity index (χ1v) is 4.66. The van der Waals surface area contributed by atoms with Crippen LogP contribution in [0.5, 0.6) is 0 Å². The van der Waals surface area contributed by atoms with Crippen LogP contribution in [-0.2, 0) is 0 Å². The molecule has 0 aliphatic rings. The van der Waals surface area contributed by atoms with Crippen LogP contribution >= 0.6 is 8.58 Å². The van der Waals surface area contributed by atoms with Crippen molar-refractivity contribution in [2.45, 2.75) is 19.8 Å². The third-order valence-electron chi connectivity index (χ3n) is 0.846. The van der Waals surface area contributed by atoms with Crippen molar-refractivity contribution in [3.05, 3.63) is 0 Å². The average molecular weight is 112 g/mol. The van der Waals surface area contributed by atoms with Crippen LogP contribution in [0.1, 0.15) is 19.8 Å². The SMILES string of the molecule is CCCC[PH2+]C.[Li+]. The van der Waals surface area contributed by atoms with Crippen LogP contribution in [0.15, 0.2) is 0 Å². The second kappa shape index (κ2) is 10.1. The van der Waals surface area contributed by atoms with Crippen molar-refractivity contribution in [3.63, 3.8) is 0 Å². The number of hydrogen-bond donors (Lipinski definition) is 0. The van der Waals surface area contributed by atoms with Crippen LogP contribution < -0.4 is 18.9 Å². The molecule has 1 unspecified atom stereocenters. The Kier molecular flexibility index (Phi) is 15.7. The summed E-state index contributed by atoms with van der Waals surface area (Å²) in [6, 6.07) is 0. The van der Waals surface area contributed by atoms with Gasteiger partial charge in [0.25, 0.3) is 0 Å². The molecule has 0 fully saturated rings. The zero-order valence-electron chi connectivity index (χ0n) is 5.70. The van der Waals surface area contributed by atoms with Gasteiger partial charge in [-0.15, -0.1) is 0 Å². The molecule has 0 bridgehead atoms. The molecule has 38 valence electrons. The molecular weight excluding hydrogens is 98.0 g/mol. The van der Waals surface area contributed by atoms with Crippen LogP contribution in [0.2, 0.25) is 0 Å². The molecule has 0 rings (SSSR count). The molecule has 1 atom stereocenters. The number of rotatable bonds is 3. The predicted octanol–water partition coefficient (Wildman–Crippen LogP) is -1.17. The summed E-state index contributed by atoms with van der Waals surface area (Å²) in [6.07, 6.45) is 4.32. The van der Waals surface area contributed by atoms with E-state index in [9.17, 15) is 0 Å². The molecule has 7 heavy (non-hydrogen) atoms. The summed E-state index contributed by atoms with van der Waals surface area (Å²) in [5, 5.41) is 0. The zero-order chi connectivity index (χ0) is 4.83. The van der Waals surface area contributed by atoms with Gasteiger partial charge in [0.2, 0.25) is 0 Å². The van der Waals surface area contributed by atoms with E-state index in [-0.39, 0.29) is 18.9 Å². The molecular formula is C5H14LiP+2. The quantitative estimate of drug-likeness (QED) is 0.245. The Bertz CT molecular complexity index is 20.0. The van der Waals surface area contributed by atoms with Gasteiger partial charge in [-0.25, -0.2) is 0 Å². The fraction of sp³-hybridized carbons (Fsp3) is 1.00. The first-order chi connectivity index (χ1) is 2.91. The van der Waals surface area contributed by atoms with E-state index >= 15 is 0 Å². The maximum atomic E-state index is 2.32. The zero-order valence-corrected chi connectivity index (χ0v) is 6.85.